The fraction of sp³-hybridized carbons (Fsp3) is 0.429. The molecule has 20 heavy (non-hydrogen) atoms. The molecule has 0 fully saturated rings. The Hall–Kier alpha value is -1.46. The highest BCUT2D eigenvalue weighted by atomic mass is 35.5. The topological polar surface area (TPSA) is 42.7 Å². The summed E-state index contributed by atoms with van der Waals surface area (Å²) in [6.45, 7) is 6.32. The van der Waals surface area contributed by atoms with Crippen LogP contribution in [-0.4, -0.2) is 21.5 Å². The van der Waals surface area contributed by atoms with Gasteiger partial charge in [0, 0.05) is 6.54 Å². The summed E-state index contributed by atoms with van der Waals surface area (Å²) in [4.78, 5) is 0. The van der Waals surface area contributed by atoms with Crippen LogP contribution >= 0.6 is 11.6 Å². The molecular formula is C14H18ClFN4. The van der Waals surface area contributed by atoms with Gasteiger partial charge in [0.25, 0.3) is 0 Å². The molecule has 0 atom stereocenters. The summed E-state index contributed by atoms with van der Waals surface area (Å²) >= 11 is 5.92. The van der Waals surface area contributed by atoms with Gasteiger partial charge in [0.2, 0.25) is 0 Å². The molecule has 1 heterocycles. The van der Waals surface area contributed by atoms with Crippen molar-refractivity contribution in [2.45, 2.75) is 26.9 Å². The minimum Gasteiger partial charge on any atom is -0.311 e. The average molecular weight is 297 g/mol. The molecule has 4 nitrogen and oxygen atoms in total. The largest absolute Gasteiger partial charge is 0.311 e. The van der Waals surface area contributed by atoms with Gasteiger partial charge in [0.1, 0.15) is 5.82 Å². The van der Waals surface area contributed by atoms with Crippen molar-refractivity contribution in [3.63, 3.8) is 0 Å². The van der Waals surface area contributed by atoms with Gasteiger partial charge in [-0.1, -0.05) is 42.8 Å². The van der Waals surface area contributed by atoms with Crippen LogP contribution in [0.3, 0.4) is 0 Å². The fourth-order valence-electron chi connectivity index (χ4n) is 1.83. The average Bonchev–Trinajstić information content (AvgIpc) is 2.82. The number of nitrogens with zero attached hydrogens (tertiary/aromatic N) is 3. The molecule has 0 unspecified atom stereocenters. The number of benzene rings is 1. The molecule has 0 radical (unpaired) electrons. The normalized spacial score (nSPS) is 11.2. The highest BCUT2D eigenvalue weighted by molar-refractivity contribution is 6.31. The molecule has 0 bridgehead atoms. The molecule has 2 aromatic rings. The molecule has 0 saturated heterocycles. The molecule has 0 aliphatic rings. The summed E-state index contributed by atoms with van der Waals surface area (Å²) < 4.78 is 15.0. The molecule has 1 aromatic carbocycles. The Morgan fingerprint density at radius 2 is 2.20 bits per heavy atom. The SMILES string of the molecule is CC(C)CNCc1cn(Cc2cccc(F)c2Cl)nn1. The molecule has 0 saturated carbocycles. The van der Waals surface area contributed by atoms with E-state index in [1.165, 1.54) is 6.07 Å². The Bertz CT molecular complexity index is 568. The van der Waals surface area contributed by atoms with E-state index >= 15 is 0 Å². The van der Waals surface area contributed by atoms with Crippen LogP contribution in [0.4, 0.5) is 4.39 Å². The van der Waals surface area contributed by atoms with E-state index in [4.69, 9.17) is 11.6 Å². The predicted octanol–water partition coefficient (Wildman–Crippen LogP) is 2.86. The highest BCUT2D eigenvalue weighted by Crippen LogP contribution is 2.20. The van der Waals surface area contributed by atoms with E-state index in [0.717, 1.165) is 12.2 Å². The highest BCUT2D eigenvalue weighted by Gasteiger charge is 2.08. The van der Waals surface area contributed by atoms with Crippen LogP contribution in [0.1, 0.15) is 25.1 Å². The van der Waals surface area contributed by atoms with Gasteiger partial charge in [-0.3, -0.25) is 0 Å². The first-order valence-electron chi connectivity index (χ1n) is 6.59. The molecule has 0 aliphatic carbocycles. The van der Waals surface area contributed by atoms with Gasteiger partial charge < -0.3 is 5.32 Å². The number of aromatic nitrogens is 3. The maximum absolute atomic E-state index is 13.3. The molecule has 1 aromatic heterocycles. The second-order valence-electron chi connectivity index (χ2n) is 5.15. The summed E-state index contributed by atoms with van der Waals surface area (Å²) in [5.41, 5.74) is 1.55. The number of nitrogens with one attached hydrogen (secondary N) is 1. The van der Waals surface area contributed by atoms with Crippen molar-refractivity contribution in [3.05, 3.63) is 46.5 Å². The number of hydrogen-bond donors (Lipinski definition) is 1. The molecule has 0 aliphatic heterocycles. The molecule has 6 heteroatoms. The summed E-state index contributed by atoms with van der Waals surface area (Å²) in [6, 6.07) is 4.76. The zero-order valence-corrected chi connectivity index (χ0v) is 12.4. The van der Waals surface area contributed by atoms with Crippen LogP contribution in [0.2, 0.25) is 5.02 Å². The van der Waals surface area contributed by atoms with Gasteiger partial charge in [-0.25, -0.2) is 9.07 Å². The second-order valence-corrected chi connectivity index (χ2v) is 5.52. The number of hydrogen-bond acceptors (Lipinski definition) is 3. The third-order valence-electron chi connectivity index (χ3n) is 2.81. The standard InChI is InChI=1S/C14H18ClFN4/c1-10(2)6-17-7-12-9-20(19-18-12)8-11-4-3-5-13(16)14(11)15/h3-5,9-10,17H,6-8H2,1-2H3. The fourth-order valence-corrected chi connectivity index (χ4v) is 2.02. The van der Waals surface area contributed by atoms with Crippen molar-refractivity contribution in [3.8, 4) is 0 Å². The van der Waals surface area contributed by atoms with Gasteiger partial charge in [-0.05, 0) is 24.1 Å². The summed E-state index contributed by atoms with van der Waals surface area (Å²) in [5, 5.41) is 11.5. The van der Waals surface area contributed by atoms with Crippen LogP contribution in [0.5, 0.6) is 0 Å². The Balaban J connectivity index is 1.97. The first-order chi connectivity index (χ1) is 9.56. The van der Waals surface area contributed by atoms with Gasteiger partial charge >= 0.3 is 0 Å². The first kappa shape index (κ1) is 14.9. The van der Waals surface area contributed by atoms with E-state index < -0.39 is 5.82 Å². The lowest BCUT2D eigenvalue weighted by molar-refractivity contribution is 0.548. The van der Waals surface area contributed by atoms with Crippen molar-refractivity contribution < 1.29 is 4.39 Å². The smallest absolute Gasteiger partial charge is 0.142 e. The van der Waals surface area contributed by atoms with Crippen molar-refractivity contribution in [2.24, 2.45) is 5.92 Å². The molecule has 0 spiro atoms. The number of halogens is 2. The quantitative estimate of drug-likeness (QED) is 0.891. The minimum atomic E-state index is -0.414. The zero-order chi connectivity index (χ0) is 14.5. The van der Waals surface area contributed by atoms with Crippen LogP contribution in [0.25, 0.3) is 0 Å². The van der Waals surface area contributed by atoms with Crippen LogP contribution < -0.4 is 5.32 Å². The lowest BCUT2D eigenvalue weighted by Crippen LogP contribution is -2.19. The van der Waals surface area contributed by atoms with E-state index in [1.54, 1.807) is 16.8 Å². The molecule has 0 amide bonds. The second kappa shape index (κ2) is 6.81. The Morgan fingerprint density at radius 1 is 1.40 bits per heavy atom. The monoisotopic (exact) mass is 296 g/mol. The molecular weight excluding hydrogens is 279 g/mol. The zero-order valence-electron chi connectivity index (χ0n) is 11.6. The maximum atomic E-state index is 13.3. The van der Waals surface area contributed by atoms with Crippen molar-refractivity contribution in [1.82, 2.24) is 20.3 Å². The van der Waals surface area contributed by atoms with E-state index in [1.807, 2.05) is 6.20 Å². The predicted molar refractivity (Wildman–Crippen MR) is 77.1 cm³/mol. The Morgan fingerprint density at radius 3 is 2.95 bits per heavy atom. The summed E-state index contributed by atoms with van der Waals surface area (Å²) in [6.07, 6.45) is 1.84. The van der Waals surface area contributed by atoms with Crippen molar-refractivity contribution >= 4 is 11.6 Å². The molecule has 1 N–H and O–H groups in total. The van der Waals surface area contributed by atoms with Gasteiger partial charge in [0.05, 0.1) is 23.5 Å². The third kappa shape index (κ3) is 4.02. The van der Waals surface area contributed by atoms with E-state index in [9.17, 15) is 4.39 Å². The van der Waals surface area contributed by atoms with Gasteiger partial charge in [0.15, 0.2) is 0 Å². The lowest BCUT2D eigenvalue weighted by Gasteiger charge is -2.05. The molecule has 2 rings (SSSR count). The summed E-state index contributed by atoms with van der Waals surface area (Å²) in [5.74, 6) is 0.180. The van der Waals surface area contributed by atoms with E-state index in [0.29, 0.717) is 24.6 Å². The van der Waals surface area contributed by atoms with Crippen LogP contribution in [-0.2, 0) is 13.1 Å². The number of rotatable bonds is 6. The van der Waals surface area contributed by atoms with Gasteiger partial charge in [-0.2, -0.15) is 0 Å². The lowest BCUT2D eigenvalue weighted by atomic mass is 10.2. The van der Waals surface area contributed by atoms with Crippen LogP contribution in [0.15, 0.2) is 24.4 Å². The van der Waals surface area contributed by atoms with Crippen molar-refractivity contribution in [2.75, 3.05) is 6.54 Å². The first-order valence-corrected chi connectivity index (χ1v) is 6.96. The maximum Gasteiger partial charge on any atom is 0.142 e. The Labute approximate surface area is 122 Å². The minimum absolute atomic E-state index is 0.141. The van der Waals surface area contributed by atoms with E-state index in [2.05, 4.69) is 29.5 Å². The Kier molecular flexibility index (Phi) is 5.09. The van der Waals surface area contributed by atoms with E-state index in [-0.39, 0.29) is 5.02 Å². The van der Waals surface area contributed by atoms with Crippen LogP contribution in [0, 0.1) is 11.7 Å². The summed E-state index contributed by atoms with van der Waals surface area (Å²) in [7, 11) is 0. The molecule has 108 valence electrons. The third-order valence-corrected chi connectivity index (χ3v) is 3.23. The van der Waals surface area contributed by atoms with Gasteiger partial charge in [-0.15, -0.1) is 5.10 Å². The van der Waals surface area contributed by atoms with Crippen molar-refractivity contribution in [1.29, 1.82) is 0 Å².